The van der Waals surface area contributed by atoms with Gasteiger partial charge in [0, 0.05) is 0 Å². The number of nitrogens with one attached hydrogen (secondary N) is 1. The molecule has 0 saturated carbocycles. The summed E-state index contributed by atoms with van der Waals surface area (Å²) in [6.45, 7) is 0.119. The summed E-state index contributed by atoms with van der Waals surface area (Å²) in [6.07, 6.45) is 1.04. The van der Waals surface area contributed by atoms with Gasteiger partial charge in [-0.15, -0.1) is 0 Å². The molecule has 0 fully saturated rings. The summed E-state index contributed by atoms with van der Waals surface area (Å²) >= 11 is 11.6. The molecule has 1 heterocycles. The quantitative estimate of drug-likeness (QED) is 0.895. The van der Waals surface area contributed by atoms with Gasteiger partial charge in [-0.25, -0.2) is 9.89 Å². The fourth-order valence-corrected chi connectivity index (χ4v) is 1.66. The summed E-state index contributed by atoms with van der Waals surface area (Å²) in [5.41, 5.74) is -0.332. The third kappa shape index (κ3) is 2.57. The second kappa shape index (κ2) is 4.73. The summed E-state index contributed by atoms with van der Waals surface area (Å²) in [4.78, 5) is 22.8. The Kier molecular flexibility index (Phi) is 3.31. The summed E-state index contributed by atoms with van der Waals surface area (Å²) in [6, 6.07) is 4.91. The summed E-state index contributed by atoms with van der Waals surface area (Å²) < 4.78 is 1.02. The van der Waals surface area contributed by atoms with Crippen molar-refractivity contribution in [3.63, 3.8) is 0 Å². The molecule has 0 unspecified atom stereocenters. The third-order valence-corrected chi connectivity index (χ3v) is 2.91. The normalized spacial score (nSPS) is 10.5. The Morgan fingerprint density at radius 2 is 2.00 bits per heavy atom. The minimum Gasteiger partial charge on any atom is -0.267 e. The number of hydrogen-bond acceptors (Lipinski definition) is 3. The topological polar surface area (TPSA) is 67.8 Å². The van der Waals surface area contributed by atoms with E-state index in [1.54, 1.807) is 18.2 Å². The van der Waals surface area contributed by atoms with Crippen LogP contribution in [0.3, 0.4) is 0 Å². The van der Waals surface area contributed by atoms with E-state index in [9.17, 15) is 9.59 Å². The van der Waals surface area contributed by atoms with Crippen molar-refractivity contribution in [2.75, 3.05) is 0 Å². The zero-order valence-electron chi connectivity index (χ0n) is 8.48. The lowest BCUT2D eigenvalue weighted by Gasteiger charge is -2.04. The van der Waals surface area contributed by atoms with Crippen molar-refractivity contribution in [3.8, 4) is 0 Å². The molecule has 2 aromatic rings. The molecule has 17 heavy (non-hydrogen) atoms. The lowest BCUT2D eigenvalue weighted by Crippen LogP contribution is -2.35. The van der Waals surface area contributed by atoms with Crippen molar-refractivity contribution in [2.45, 2.75) is 6.54 Å². The highest BCUT2D eigenvalue weighted by Gasteiger charge is 2.04. The molecule has 0 spiro atoms. The van der Waals surface area contributed by atoms with Crippen molar-refractivity contribution in [1.29, 1.82) is 0 Å². The maximum atomic E-state index is 11.4. The average molecular weight is 272 g/mol. The van der Waals surface area contributed by atoms with E-state index in [1.807, 2.05) is 0 Å². The summed E-state index contributed by atoms with van der Waals surface area (Å²) in [5, 5.41) is 6.39. The van der Waals surface area contributed by atoms with Gasteiger partial charge in [0.1, 0.15) is 6.20 Å². The molecule has 2 rings (SSSR count). The molecule has 0 atom stereocenters. The predicted molar refractivity (Wildman–Crippen MR) is 64.7 cm³/mol. The van der Waals surface area contributed by atoms with Gasteiger partial charge in [0.05, 0.1) is 16.6 Å². The SMILES string of the molecule is O=c1cn[nH]c(=O)n1Cc1ccc(Cl)c(Cl)c1. The Balaban J connectivity index is 2.42. The molecule has 1 aromatic carbocycles. The Bertz CT molecular complexity index is 635. The van der Waals surface area contributed by atoms with Crippen LogP contribution in [0.5, 0.6) is 0 Å². The van der Waals surface area contributed by atoms with E-state index in [4.69, 9.17) is 23.2 Å². The molecule has 7 heteroatoms. The van der Waals surface area contributed by atoms with Crippen LogP contribution in [0.2, 0.25) is 10.0 Å². The molecule has 0 amide bonds. The molecule has 1 aromatic heterocycles. The van der Waals surface area contributed by atoms with E-state index in [0.29, 0.717) is 15.6 Å². The maximum Gasteiger partial charge on any atom is 0.345 e. The van der Waals surface area contributed by atoms with Crippen LogP contribution in [0.15, 0.2) is 34.0 Å². The standard InChI is InChI=1S/C10H7Cl2N3O2/c11-7-2-1-6(3-8(7)12)5-15-9(16)4-13-14-10(15)17/h1-4H,5H2,(H,14,17). The van der Waals surface area contributed by atoms with E-state index in [-0.39, 0.29) is 6.54 Å². The Morgan fingerprint density at radius 1 is 1.24 bits per heavy atom. The van der Waals surface area contributed by atoms with Gasteiger partial charge in [-0.1, -0.05) is 29.3 Å². The van der Waals surface area contributed by atoms with E-state index in [1.165, 1.54) is 0 Å². The lowest BCUT2D eigenvalue weighted by atomic mass is 10.2. The van der Waals surface area contributed by atoms with Gasteiger partial charge in [-0.2, -0.15) is 5.10 Å². The van der Waals surface area contributed by atoms with Crippen molar-refractivity contribution in [1.82, 2.24) is 14.8 Å². The monoisotopic (exact) mass is 271 g/mol. The molecule has 0 aliphatic carbocycles. The van der Waals surface area contributed by atoms with Crippen LogP contribution in [0.25, 0.3) is 0 Å². The zero-order chi connectivity index (χ0) is 12.4. The number of halogens is 2. The molecule has 0 aliphatic heterocycles. The third-order valence-electron chi connectivity index (χ3n) is 2.17. The maximum absolute atomic E-state index is 11.4. The molecule has 0 aliphatic rings. The van der Waals surface area contributed by atoms with E-state index in [0.717, 1.165) is 10.8 Å². The highest BCUT2D eigenvalue weighted by molar-refractivity contribution is 6.42. The van der Waals surface area contributed by atoms with Crippen molar-refractivity contribution in [3.05, 3.63) is 60.8 Å². The van der Waals surface area contributed by atoms with Gasteiger partial charge in [-0.3, -0.25) is 9.36 Å². The fraction of sp³-hybridized carbons (Fsp3) is 0.100. The molecular formula is C10H7Cl2N3O2. The van der Waals surface area contributed by atoms with E-state index >= 15 is 0 Å². The first-order chi connectivity index (χ1) is 8.08. The van der Waals surface area contributed by atoms with E-state index in [2.05, 4.69) is 10.2 Å². The molecule has 5 nitrogen and oxygen atoms in total. The smallest absolute Gasteiger partial charge is 0.267 e. The fourth-order valence-electron chi connectivity index (χ4n) is 1.34. The average Bonchev–Trinajstić information content (AvgIpc) is 2.28. The second-order valence-corrected chi connectivity index (χ2v) is 4.16. The van der Waals surface area contributed by atoms with Gasteiger partial charge in [0.2, 0.25) is 0 Å². The van der Waals surface area contributed by atoms with Crippen LogP contribution in [0.4, 0.5) is 0 Å². The predicted octanol–water partition coefficient (Wildman–Crippen LogP) is 1.29. The first kappa shape index (κ1) is 11.9. The van der Waals surface area contributed by atoms with Crippen LogP contribution < -0.4 is 11.2 Å². The summed E-state index contributed by atoms with van der Waals surface area (Å²) in [5.74, 6) is 0. The van der Waals surface area contributed by atoms with Crippen molar-refractivity contribution in [2.24, 2.45) is 0 Å². The zero-order valence-corrected chi connectivity index (χ0v) is 10.00. The Hall–Kier alpha value is -1.59. The molecule has 1 N–H and O–H groups in total. The Morgan fingerprint density at radius 3 is 2.65 bits per heavy atom. The van der Waals surface area contributed by atoms with Gasteiger partial charge in [-0.05, 0) is 17.7 Å². The van der Waals surface area contributed by atoms with Gasteiger partial charge >= 0.3 is 5.69 Å². The lowest BCUT2D eigenvalue weighted by molar-refractivity contribution is 0.667. The molecule has 0 bridgehead atoms. The van der Waals surface area contributed by atoms with Crippen molar-refractivity contribution >= 4 is 23.2 Å². The number of H-pyrrole nitrogens is 1. The number of nitrogens with zero attached hydrogens (tertiary/aromatic N) is 2. The first-order valence-corrected chi connectivity index (χ1v) is 5.42. The molecule has 0 radical (unpaired) electrons. The summed E-state index contributed by atoms with van der Waals surface area (Å²) in [7, 11) is 0. The largest absolute Gasteiger partial charge is 0.345 e. The number of aromatic amines is 1. The van der Waals surface area contributed by atoms with Crippen LogP contribution in [0, 0.1) is 0 Å². The number of rotatable bonds is 2. The number of aromatic nitrogens is 3. The van der Waals surface area contributed by atoms with Crippen LogP contribution in [0.1, 0.15) is 5.56 Å². The minimum atomic E-state index is -0.566. The van der Waals surface area contributed by atoms with Gasteiger partial charge in [0.15, 0.2) is 0 Å². The van der Waals surface area contributed by atoms with Crippen molar-refractivity contribution < 1.29 is 0 Å². The highest BCUT2D eigenvalue weighted by Crippen LogP contribution is 2.22. The number of hydrogen-bond donors (Lipinski definition) is 1. The minimum absolute atomic E-state index is 0.119. The van der Waals surface area contributed by atoms with E-state index < -0.39 is 11.2 Å². The first-order valence-electron chi connectivity index (χ1n) is 4.66. The number of benzene rings is 1. The van der Waals surface area contributed by atoms with Crippen LogP contribution in [-0.2, 0) is 6.54 Å². The molecule has 88 valence electrons. The molecular weight excluding hydrogens is 265 g/mol. The van der Waals surface area contributed by atoms with Gasteiger partial charge in [0.25, 0.3) is 5.56 Å². The van der Waals surface area contributed by atoms with Crippen LogP contribution >= 0.6 is 23.2 Å². The Labute approximate surface area is 106 Å². The highest BCUT2D eigenvalue weighted by atomic mass is 35.5. The van der Waals surface area contributed by atoms with Gasteiger partial charge < -0.3 is 0 Å². The second-order valence-electron chi connectivity index (χ2n) is 3.35. The molecule has 0 saturated heterocycles. The van der Waals surface area contributed by atoms with Crippen LogP contribution in [-0.4, -0.2) is 14.8 Å².